The second-order valence-corrected chi connectivity index (χ2v) is 4.54. The molecule has 0 unspecified atom stereocenters. The van der Waals surface area contributed by atoms with Gasteiger partial charge in [0, 0.05) is 5.56 Å². The fourth-order valence-electron chi connectivity index (χ4n) is 1.88. The molecule has 0 aliphatic rings. The Kier molecular flexibility index (Phi) is 3.95. The Bertz CT molecular complexity index is 568. The van der Waals surface area contributed by atoms with E-state index in [4.69, 9.17) is 4.74 Å². The largest absolute Gasteiger partial charge is 0.485 e. The monoisotopic (exact) mass is 258 g/mol. The van der Waals surface area contributed by atoms with Crippen LogP contribution in [0.5, 0.6) is 5.75 Å². The fourth-order valence-corrected chi connectivity index (χ4v) is 1.88. The Morgan fingerprint density at radius 2 is 1.63 bits per heavy atom. The minimum atomic E-state index is -0.355. The lowest BCUT2D eigenvalue weighted by Crippen LogP contribution is -2.11. The molecule has 0 spiro atoms. The van der Waals surface area contributed by atoms with Gasteiger partial charge in [-0.2, -0.15) is 0 Å². The first-order chi connectivity index (χ1) is 9.04. The molecule has 0 N–H and O–H groups in total. The van der Waals surface area contributed by atoms with Crippen LogP contribution >= 0.6 is 0 Å². The van der Waals surface area contributed by atoms with Crippen molar-refractivity contribution >= 4 is 5.78 Å². The third kappa shape index (κ3) is 3.65. The summed E-state index contributed by atoms with van der Waals surface area (Å²) in [6.07, 6.45) is 0. The van der Waals surface area contributed by atoms with Crippen molar-refractivity contribution in [2.75, 3.05) is 6.61 Å². The van der Waals surface area contributed by atoms with E-state index < -0.39 is 0 Å². The third-order valence-electron chi connectivity index (χ3n) is 2.73. The number of rotatable bonds is 4. The lowest BCUT2D eigenvalue weighted by atomic mass is 10.1. The lowest BCUT2D eigenvalue weighted by molar-refractivity contribution is 0.0921. The van der Waals surface area contributed by atoms with Gasteiger partial charge in [0.25, 0.3) is 0 Å². The van der Waals surface area contributed by atoms with Crippen LogP contribution in [0.15, 0.2) is 42.5 Å². The number of hydrogen-bond acceptors (Lipinski definition) is 2. The lowest BCUT2D eigenvalue weighted by Gasteiger charge is -2.07. The van der Waals surface area contributed by atoms with Crippen molar-refractivity contribution in [1.82, 2.24) is 0 Å². The smallest absolute Gasteiger partial charge is 0.200 e. The van der Waals surface area contributed by atoms with Crippen LogP contribution in [0.3, 0.4) is 0 Å². The fraction of sp³-hybridized carbons (Fsp3) is 0.188. The first-order valence-electron chi connectivity index (χ1n) is 6.04. The molecule has 0 atom stereocenters. The number of ketones is 1. The van der Waals surface area contributed by atoms with E-state index in [9.17, 15) is 9.18 Å². The maximum Gasteiger partial charge on any atom is 0.200 e. The van der Waals surface area contributed by atoms with Gasteiger partial charge in [-0.1, -0.05) is 6.07 Å². The maximum atomic E-state index is 12.7. The van der Waals surface area contributed by atoms with E-state index in [1.54, 1.807) is 0 Å². The molecular formula is C16H15FO2. The highest BCUT2D eigenvalue weighted by Gasteiger charge is 2.07. The summed E-state index contributed by atoms with van der Waals surface area (Å²) in [6.45, 7) is 3.90. The zero-order chi connectivity index (χ0) is 13.8. The molecule has 0 bridgehead atoms. The Morgan fingerprint density at radius 3 is 2.21 bits per heavy atom. The molecule has 2 nitrogen and oxygen atoms in total. The minimum absolute atomic E-state index is 0.0471. The van der Waals surface area contributed by atoms with Crippen molar-refractivity contribution in [3.8, 4) is 5.75 Å². The summed E-state index contributed by atoms with van der Waals surface area (Å²) in [7, 11) is 0. The topological polar surface area (TPSA) is 26.3 Å². The second-order valence-electron chi connectivity index (χ2n) is 4.54. The SMILES string of the molecule is Cc1cc(C)cc(OCC(=O)c2ccc(F)cc2)c1. The van der Waals surface area contributed by atoms with Crippen LogP contribution in [-0.2, 0) is 0 Å². The molecule has 0 heterocycles. The Morgan fingerprint density at radius 1 is 1.05 bits per heavy atom. The zero-order valence-electron chi connectivity index (χ0n) is 10.9. The van der Waals surface area contributed by atoms with Gasteiger partial charge in [0.2, 0.25) is 0 Å². The molecule has 2 rings (SSSR count). The summed E-state index contributed by atoms with van der Waals surface area (Å²) in [5, 5.41) is 0. The standard InChI is InChI=1S/C16H15FO2/c1-11-7-12(2)9-15(8-11)19-10-16(18)13-3-5-14(17)6-4-13/h3-9H,10H2,1-2H3. The van der Waals surface area contributed by atoms with Gasteiger partial charge < -0.3 is 4.74 Å². The predicted octanol–water partition coefficient (Wildman–Crippen LogP) is 3.70. The van der Waals surface area contributed by atoms with Crippen LogP contribution in [-0.4, -0.2) is 12.4 Å². The average Bonchev–Trinajstić information content (AvgIpc) is 2.36. The number of Topliss-reactive ketones (excluding diaryl/α,β-unsaturated/α-hetero) is 1. The first kappa shape index (κ1) is 13.3. The van der Waals surface area contributed by atoms with Crippen molar-refractivity contribution in [3.63, 3.8) is 0 Å². The van der Waals surface area contributed by atoms with Gasteiger partial charge in [0.15, 0.2) is 12.4 Å². The molecule has 3 heteroatoms. The normalized spacial score (nSPS) is 10.3. The Labute approximate surface area is 111 Å². The number of carbonyl (C=O) groups is 1. The summed E-state index contributed by atoms with van der Waals surface area (Å²) >= 11 is 0. The molecule has 19 heavy (non-hydrogen) atoms. The minimum Gasteiger partial charge on any atom is -0.485 e. The molecule has 0 aromatic heterocycles. The molecule has 0 saturated heterocycles. The predicted molar refractivity (Wildman–Crippen MR) is 72.1 cm³/mol. The molecule has 98 valence electrons. The maximum absolute atomic E-state index is 12.7. The molecule has 0 radical (unpaired) electrons. The van der Waals surface area contributed by atoms with Crippen molar-refractivity contribution < 1.29 is 13.9 Å². The molecule has 0 aliphatic carbocycles. The number of carbonyl (C=O) groups excluding carboxylic acids is 1. The summed E-state index contributed by atoms with van der Waals surface area (Å²) in [4.78, 5) is 11.9. The second kappa shape index (κ2) is 5.65. The molecule has 0 fully saturated rings. The summed E-state index contributed by atoms with van der Waals surface area (Å²) < 4.78 is 18.2. The number of aryl methyl sites for hydroxylation is 2. The Hall–Kier alpha value is -2.16. The van der Waals surface area contributed by atoms with Crippen LogP contribution in [0.2, 0.25) is 0 Å². The summed E-state index contributed by atoms with van der Waals surface area (Å²) in [6, 6.07) is 11.3. The summed E-state index contributed by atoms with van der Waals surface area (Å²) in [5.41, 5.74) is 2.62. The van der Waals surface area contributed by atoms with Gasteiger partial charge >= 0.3 is 0 Å². The van der Waals surface area contributed by atoms with Gasteiger partial charge in [-0.15, -0.1) is 0 Å². The van der Waals surface area contributed by atoms with Crippen LogP contribution in [0, 0.1) is 19.7 Å². The Balaban J connectivity index is 2.02. The zero-order valence-corrected chi connectivity index (χ0v) is 10.9. The number of ether oxygens (including phenoxy) is 1. The third-order valence-corrected chi connectivity index (χ3v) is 2.73. The highest BCUT2D eigenvalue weighted by molar-refractivity contribution is 5.97. The summed E-state index contributed by atoms with van der Waals surface area (Å²) in [5.74, 6) is 0.152. The van der Waals surface area contributed by atoms with Gasteiger partial charge in [-0.3, -0.25) is 4.79 Å². The quantitative estimate of drug-likeness (QED) is 0.781. The van der Waals surface area contributed by atoms with Crippen LogP contribution in [0.1, 0.15) is 21.5 Å². The molecular weight excluding hydrogens is 243 g/mol. The van der Waals surface area contributed by atoms with E-state index in [0.717, 1.165) is 11.1 Å². The number of benzene rings is 2. The molecule has 0 saturated carbocycles. The highest BCUT2D eigenvalue weighted by Crippen LogP contribution is 2.16. The average molecular weight is 258 g/mol. The number of hydrogen-bond donors (Lipinski definition) is 0. The van der Waals surface area contributed by atoms with E-state index in [1.165, 1.54) is 24.3 Å². The van der Waals surface area contributed by atoms with E-state index in [-0.39, 0.29) is 18.2 Å². The van der Waals surface area contributed by atoms with Gasteiger partial charge in [0.05, 0.1) is 0 Å². The highest BCUT2D eigenvalue weighted by atomic mass is 19.1. The van der Waals surface area contributed by atoms with Crippen LogP contribution < -0.4 is 4.74 Å². The van der Waals surface area contributed by atoms with Crippen molar-refractivity contribution in [3.05, 3.63) is 65.0 Å². The van der Waals surface area contributed by atoms with Gasteiger partial charge in [0.1, 0.15) is 11.6 Å². The van der Waals surface area contributed by atoms with E-state index >= 15 is 0 Å². The first-order valence-corrected chi connectivity index (χ1v) is 6.04. The van der Waals surface area contributed by atoms with Crippen LogP contribution in [0.4, 0.5) is 4.39 Å². The van der Waals surface area contributed by atoms with Crippen molar-refractivity contribution in [1.29, 1.82) is 0 Å². The van der Waals surface area contributed by atoms with Crippen molar-refractivity contribution in [2.45, 2.75) is 13.8 Å². The van der Waals surface area contributed by atoms with E-state index in [2.05, 4.69) is 0 Å². The number of halogens is 1. The molecule has 0 aliphatic heterocycles. The molecule has 0 amide bonds. The van der Waals surface area contributed by atoms with Crippen LogP contribution in [0.25, 0.3) is 0 Å². The van der Waals surface area contributed by atoms with Gasteiger partial charge in [-0.05, 0) is 61.4 Å². The molecule has 2 aromatic rings. The van der Waals surface area contributed by atoms with E-state index in [1.807, 2.05) is 32.0 Å². The van der Waals surface area contributed by atoms with Gasteiger partial charge in [-0.25, -0.2) is 4.39 Å². The van der Waals surface area contributed by atoms with Crippen molar-refractivity contribution in [2.24, 2.45) is 0 Å². The van der Waals surface area contributed by atoms with E-state index in [0.29, 0.717) is 11.3 Å². The molecule has 2 aromatic carbocycles.